The van der Waals surface area contributed by atoms with Gasteiger partial charge >= 0.3 is 11.9 Å². The highest BCUT2D eigenvalue weighted by molar-refractivity contribution is 14.1. The van der Waals surface area contributed by atoms with E-state index < -0.39 is 11.9 Å². The van der Waals surface area contributed by atoms with Crippen molar-refractivity contribution in [2.45, 2.75) is 32.0 Å². The molecule has 2 heterocycles. The number of aromatic carboxylic acids is 2. The Hall–Kier alpha value is -4.16. The highest BCUT2D eigenvalue weighted by Crippen LogP contribution is 2.26. The topological polar surface area (TPSA) is 119 Å². The van der Waals surface area contributed by atoms with Crippen LogP contribution in [-0.4, -0.2) is 28.4 Å². The van der Waals surface area contributed by atoms with E-state index in [-0.39, 0.29) is 18.1 Å². The molecule has 10 heteroatoms. The zero-order valence-electron chi connectivity index (χ0n) is 23.6. The molecule has 5 rings (SSSR count). The summed E-state index contributed by atoms with van der Waals surface area (Å²) in [4.78, 5) is 22.9. The Labute approximate surface area is 266 Å². The summed E-state index contributed by atoms with van der Waals surface area (Å²) in [7, 11) is 0. The van der Waals surface area contributed by atoms with Gasteiger partial charge in [-0.1, -0.05) is 24.3 Å². The van der Waals surface area contributed by atoms with Gasteiger partial charge in [0.1, 0.15) is 36.2 Å². The summed E-state index contributed by atoms with van der Waals surface area (Å²) in [5, 5.41) is 17.7. The van der Waals surface area contributed by atoms with Crippen molar-refractivity contribution in [1.29, 1.82) is 0 Å². The molecule has 2 N–H and O–H groups in total. The van der Waals surface area contributed by atoms with Crippen molar-refractivity contribution in [3.63, 3.8) is 0 Å². The molecule has 222 valence electrons. The van der Waals surface area contributed by atoms with Crippen LogP contribution in [-0.2, 0) is 13.2 Å². The number of aryl methyl sites for hydroxylation is 2. The van der Waals surface area contributed by atoms with Gasteiger partial charge in [-0.15, -0.1) is 11.8 Å². The monoisotopic (exact) mass is 712 g/mol. The maximum absolute atomic E-state index is 10.9. The van der Waals surface area contributed by atoms with Gasteiger partial charge in [-0.05, 0) is 114 Å². The van der Waals surface area contributed by atoms with Crippen LogP contribution in [0.1, 0.15) is 43.8 Å². The van der Waals surface area contributed by atoms with Crippen LogP contribution in [0.25, 0.3) is 11.1 Å². The zero-order chi connectivity index (χ0) is 30.9. The molecule has 0 saturated heterocycles. The average Bonchev–Trinajstić information content (AvgIpc) is 3.58. The van der Waals surface area contributed by atoms with Gasteiger partial charge in [0.25, 0.3) is 0 Å². The van der Waals surface area contributed by atoms with Crippen molar-refractivity contribution < 1.29 is 38.1 Å². The molecule has 0 aliphatic carbocycles. The predicted molar refractivity (Wildman–Crippen MR) is 172 cm³/mol. The number of benzene rings is 3. The first-order valence-corrected chi connectivity index (χ1v) is 15.3. The Kier molecular flexibility index (Phi) is 11.0. The van der Waals surface area contributed by atoms with Crippen LogP contribution in [0, 0.1) is 17.4 Å². The third-order valence-corrected chi connectivity index (χ3v) is 7.81. The minimum Gasteiger partial charge on any atom is -0.489 e. The maximum Gasteiger partial charge on any atom is 0.371 e. The van der Waals surface area contributed by atoms with Gasteiger partial charge in [-0.2, -0.15) is 0 Å². The quantitative estimate of drug-likeness (QED) is 0.108. The number of rotatable bonds is 10. The number of thioether (sulfide) groups is 1. The van der Waals surface area contributed by atoms with Crippen LogP contribution in [0.4, 0.5) is 0 Å². The number of carboxylic acid groups (broad SMARTS) is 2. The molecule has 0 radical (unpaired) electrons. The molecule has 5 aromatic rings. The standard InChI is InChI=1S/C20H18O4S.C13H11IO4/c1-13-16(11-19(24-13)20(21)22)12-23-17-7-3-14(4-8-17)15-5-9-18(25-2)10-6-15;1-8-9(6-12(18-8)13(15)16)7-17-11-4-2-10(14)3-5-11/h3-11H,12H2,1-2H3,(H,21,22);2-6H,7H2,1H3,(H,15,16). The average molecular weight is 713 g/mol. The fourth-order valence-electron chi connectivity index (χ4n) is 3.92. The lowest BCUT2D eigenvalue weighted by Gasteiger charge is -2.07. The normalized spacial score (nSPS) is 10.5. The van der Waals surface area contributed by atoms with E-state index in [1.165, 1.54) is 17.0 Å². The van der Waals surface area contributed by atoms with Crippen LogP contribution < -0.4 is 9.47 Å². The Morgan fingerprint density at radius 1 is 0.698 bits per heavy atom. The molecule has 0 atom stereocenters. The Morgan fingerprint density at radius 3 is 1.47 bits per heavy atom. The number of ether oxygens (including phenoxy) is 2. The molecular weight excluding hydrogens is 683 g/mol. The first-order chi connectivity index (χ1) is 20.6. The van der Waals surface area contributed by atoms with Crippen LogP contribution >= 0.6 is 34.4 Å². The first kappa shape index (κ1) is 31.8. The molecule has 0 unspecified atom stereocenters. The van der Waals surface area contributed by atoms with Gasteiger partial charge < -0.3 is 28.5 Å². The molecule has 0 bridgehead atoms. The van der Waals surface area contributed by atoms with E-state index in [4.69, 9.17) is 28.5 Å². The lowest BCUT2D eigenvalue weighted by atomic mass is 10.1. The molecule has 0 fully saturated rings. The fourth-order valence-corrected chi connectivity index (χ4v) is 4.68. The van der Waals surface area contributed by atoms with E-state index in [2.05, 4.69) is 53.1 Å². The number of hydrogen-bond acceptors (Lipinski definition) is 7. The fraction of sp³-hybridized carbons (Fsp3) is 0.152. The molecule has 0 aliphatic rings. The van der Waals surface area contributed by atoms with E-state index in [1.54, 1.807) is 25.6 Å². The summed E-state index contributed by atoms with van der Waals surface area (Å²) in [5.41, 5.74) is 3.74. The van der Waals surface area contributed by atoms with Crippen molar-refractivity contribution in [3.8, 4) is 22.6 Å². The highest BCUT2D eigenvalue weighted by Gasteiger charge is 2.14. The van der Waals surface area contributed by atoms with Crippen LogP contribution in [0.2, 0.25) is 0 Å². The molecule has 43 heavy (non-hydrogen) atoms. The number of halogens is 1. The summed E-state index contributed by atoms with van der Waals surface area (Å²) in [6.07, 6.45) is 2.06. The SMILES string of the molecule is CSc1ccc(-c2ccc(OCc3cc(C(=O)O)oc3C)cc2)cc1.Cc1oc(C(=O)O)cc1COc1ccc(I)cc1. The van der Waals surface area contributed by atoms with Gasteiger partial charge in [0.15, 0.2) is 0 Å². The summed E-state index contributed by atoms with van der Waals surface area (Å²) in [6.45, 7) is 4.01. The minimum absolute atomic E-state index is 0.0614. The number of furan rings is 2. The van der Waals surface area contributed by atoms with E-state index in [0.717, 1.165) is 37.3 Å². The van der Waals surface area contributed by atoms with Crippen LogP contribution in [0.5, 0.6) is 11.5 Å². The van der Waals surface area contributed by atoms with Gasteiger partial charge in [0.2, 0.25) is 11.5 Å². The van der Waals surface area contributed by atoms with Crippen LogP contribution in [0.3, 0.4) is 0 Å². The van der Waals surface area contributed by atoms with Crippen molar-refractivity contribution in [2.75, 3.05) is 6.26 Å². The number of carbonyl (C=O) groups is 2. The lowest BCUT2D eigenvalue weighted by Crippen LogP contribution is -1.96. The van der Waals surface area contributed by atoms with Gasteiger partial charge in [0, 0.05) is 19.6 Å². The van der Waals surface area contributed by atoms with E-state index in [1.807, 2.05) is 48.5 Å². The number of carboxylic acids is 2. The second kappa shape index (κ2) is 14.8. The van der Waals surface area contributed by atoms with E-state index in [0.29, 0.717) is 18.1 Å². The minimum atomic E-state index is -1.08. The molecule has 0 aliphatic heterocycles. The molecule has 2 aromatic heterocycles. The predicted octanol–water partition coefficient (Wildman–Crippen LogP) is 8.72. The van der Waals surface area contributed by atoms with Crippen LogP contribution in [0.15, 0.2) is 98.7 Å². The second-order valence-corrected chi connectivity index (χ2v) is 11.4. The second-order valence-electron chi connectivity index (χ2n) is 9.28. The Morgan fingerprint density at radius 2 is 1.09 bits per heavy atom. The molecule has 8 nitrogen and oxygen atoms in total. The molecule has 0 amide bonds. The third kappa shape index (κ3) is 8.91. The Balaban J connectivity index is 0.000000208. The largest absolute Gasteiger partial charge is 0.489 e. The van der Waals surface area contributed by atoms with Gasteiger partial charge in [-0.25, -0.2) is 9.59 Å². The zero-order valence-corrected chi connectivity index (χ0v) is 26.6. The summed E-state index contributed by atoms with van der Waals surface area (Å²) < 4.78 is 22.7. The van der Waals surface area contributed by atoms with Crippen molar-refractivity contribution in [3.05, 3.63) is 123 Å². The summed E-state index contributed by atoms with van der Waals surface area (Å²) >= 11 is 3.94. The Bertz CT molecular complexity index is 1670. The summed E-state index contributed by atoms with van der Waals surface area (Å²) in [5.74, 6) is 0.314. The first-order valence-electron chi connectivity index (χ1n) is 13.0. The summed E-state index contributed by atoms with van der Waals surface area (Å²) in [6, 6.07) is 26.9. The van der Waals surface area contributed by atoms with E-state index in [9.17, 15) is 9.59 Å². The maximum atomic E-state index is 10.9. The smallest absolute Gasteiger partial charge is 0.371 e. The third-order valence-electron chi connectivity index (χ3n) is 6.34. The van der Waals surface area contributed by atoms with Gasteiger partial charge in [0.05, 0.1) is 0 Å². The van der Waals surface area contributed by atoms with E-state index >= 15 is 0 Å². The lowest BCUT2D eigenvalue weighted by molar-refractivity contribution is 0.0651. The number of hydrogen-bond donors (Lipinski definition) is 2. The highest BCUT2D eigenvalue weighted by atomic mass is 127. The van der Waals surface area contributed by atoms with Crippen molar-refractivity contribution >= 4 is 46.3 Å². The van der Waals surface area contributed by atoms with Crippen molar-refractivity contribution in [2.24, 2.45) is 0 Å². The molecule has 0 spiro atoms. The molecule has 3 aromatic carbocycles. The van der Waals surface area contributed by atoms with Gasteiger partial charge in [-0.3, -0.25) is 0 Å². The van der Waals surface area contributed by atoms with Crippen molar-refractivity contribution in [1.82, 2.24) is 0 Å². The molecular formula is C33H29IO8S. The molecule has 0 saturated carbocycles.